The van der Waals surface area contributed by atoms with Crippen LogP contribution in [0.3, 0.4) is 0 Å². The second kappa shape index (κ2) is 10.4. The van der Waals surface area contributed by atoms with Crippen molar-refractivity contribution in [2.75, 3.05) is 19.0 Å². The molecule has 2 N–H and O–H groups in total. The fourth-order valence-corrected chi connectivity index (χ4v) is 2.13. The first-order chi connectivity index (χ1) is 13.1. The average Bonchev–Trinajstić information content (AvgIpc) is 2.67. The maximum absolute atomic E-state index is 11.9. The molecule has 0 fully saturated rings. The summed E-state index contributed by atoms with van der Waals surface area (Å²) in [7, 11) is 1.53. The van der Waals surface area contributed by atoms with Gasteiger partial charge in [0.25, 0.3) is 0 Å². The van der Waals surface area contributed by atoms with Gasteiger partial charge in [0, 0.05) is 17.3 Å². The summed E-state index contributed by atoms with van der Waals surface area (Å²) in [4.78, 5) is 23.8. The molecule has 27 heavy (non-hydrogen) atoms. The van der Waals surface area contributed by atoms with Crippen molar-refractivity contribution in [3.8, 4) is 11.5 Å². The third-order valence-corrected chi connectivity index (χ3v) is 3.34. The summed E-state index contributed by atoms with van der Waals surface area (Å²) in [5.41, 5.74) is 3.56. The fraction of sp³-hybridized carbons (Fsp3) is 0.150. The van der Waals surface area contributed by atoms with E-state index < -0.39 is 11.8 Å². The number of hydrazone groups is 1. The number of nitrogens with zero attached hydrogens (tertiary/aromatic N) is 1. The number of ether oxygens (including phenoxy) is 2. The lowest BCUT2D eigenvalue weighted by molar-refractivity contribution is -0.126. The van der Waals surface area contributed by atoms with Gasteiger partial charge < -0.3 is 14.8 Å². The Labute approximate surface area is 157 Å². The monoisotopic (exact) mass is 367 g/mol. The quantitative estimate of drug-likeness (QED) is 0.309. The number of benzene rings is 2. The Hall–Kier alpha value is -3.61. The average molecular weight is 367 g/mol. The Morgan fingerprint density at radius 3 is 2.74 bits per heavy atom. The van der Waals surface area contributed by atoms with Gasteiger partial charge in [-0.2, -0.15) is 5.10 Å². The van der Waals surface area contributed by atoms with E-state index in [4.69, 9.17) is 9.47 Å². The van der Waals surface area contributed by atoms with Crippen LogP contribution < -0.4 is 20.2 Å². The molecular weight excluding hydrogens is 346 g/mol. The topological polar surface area (TPSA) is 89.0 Å². The molecule has 0 aliphatic heterocycles. The number of hydrogen-bond acceptors (Lipinski definition) is 5. The predicted octanol–water partition coefficient (Wildman–Crippen LogP) is 2.74. The van der Waals surface area contributed by atoms with Crippen molar-refractivity contribution in [1.29, 1.82) is 0 Å². The van der Waals surface area contributed by atoms with Crippen molar-refractivity contribution in [3.05, 3.63) is 66.7 Å². The van der Waals surface area contributed by atoms with Crippen LogP contribution in [0.2, 0.25) is 0 Å². The molecule has 0 aromatic heterocycles. The zero-order chi connectivity index (χ0) is 19.5. The van der Waals surface area contributed by atoms with Crippen LogP contribution in [0.1, 0.15) is 12.0 Å². The molecule has 0 unspecified atom stereocenters. The van der Waals surface area contributed by atoms with Gasteiger partial charge in [-0.15, -0.1) is 0 Å². The SMILES string of the molecule is C=CCOc1ccccc1C=NNC(=O)CC(=O)Nc1cccc(OC)c1. The molecule has 2 aromatic carbocycles. The Balaban J connectivity index is 1.86. The second-order valence-corrected chi connectivity index (χ2v) is 5.39. The highest BCUT2D eigenvalue weighted by Gasteiger charge is 2.09. The van der Waals surface area contributed by atoms with Crippen molar-refractivity contribution in [3.63, 3.8) is 0 Å². The van der Waals surface area contributed by atoms with Crippen LogP contribution in [0.25, 0.3) is 0 Å². The van der Waals surface area contributed by atoms with E-state index in [0.29, 0.717) is 29.4 Å². The molecule has 0 aliphatic rings. The minimum absolute atomic E-state index is 0.358. The number of methoxy groups -OCH3 is 1. The summed E-state index contributed by atoms with van der Waals surface area (Å²) in [5, 5.41) is 6.49. The van der Waals surface area contributed by atoms with Gasteiger partial charge in [0.2, 0.25) is 11.8 Å². The Bertz CT molecular complexity index is 833. The van der Waals surface area contributed by atoms with Crippen molar-refractivity contribution >= 4 is 23.7 Å². The molecule has 2 amide bonds. The van der Waals surface area contributed by atoms with Crippen molar-refractivity contribution in [2.45, 2.75) is 6.42 Å². The van der Waals surface area contributed by atoms with E-state index in [9.17, 15) is 9.59 Å². The highest BCUT2D eigenvalue weighted by Crippen LogP contribution is 2.17. The molecule has 0 bridgehead atoms. The lowest BCUT2D eigenvalue weighted by Crippen LogP contribution is -2.24. The summed E-state index contributed by atoms with van der Waals surface area (Å²) in [6, 6.07) is 14.1. The minimum atomic E-state index is -0.531. The zero-order valence-electron chi connectivity index (χ0n) is 15.0. The molecule has 0 spiro atoms. The molecule has 0 aliphatic carbocycles. The van der Waals surface area contributed by atoms with Crippen LogP contribution in [0, 0.1) is 0 Å². The number of amides is 2. The maximum Gasteiger partial charge on any atom is 0.249 e. The maximum atomic E-state index is 11.9. The van der Waals surface area contributed by atoms with Crippen molar-refractivity contribution in [2.24, 2.45) is 5.10 Å². The summed E-state index contributed by atoms with van der Waals surface area (Å²) in [5.74, 6) is 0.243. The summed E-state index contributed by atoms with van der Waals surface area (Å²) in [6.07, 6.45) is 2.73. The lowest BCUT2D eigenvalue weighted by Gasteiger charge is -2.07. The molecular formula is C20H21N3O4. The molecule has 7 heteroatoms. The highest BCUT2D eigenvalue weighted by molar-refractivity contribution is 6.03. The van der Waals surface area contributed by atoms with Gasteiger partial charge in [0.05, 0.1) is 13.3 Å². The number of hydrogen-bond donors (Lipinski definition) is 2. The smallest absolute Gasteiger partial charge is 0.249 e. The molecule has 140 valence electrons. The van der Waals surface area contributed by atoms with Gasteiger partial charge in [-0.1, -0.05) is 30.9 Å². The summed E-state index contributed by atoms with van der Waals surface area (Å²) >= 11 is 0. The van der Waals surface area contributed by atoms with Crippen molar-refractivity contribution in [1.82, 2.24) is 5.43 Å². The minimum Gasteiger partial charge on any atom is -0.497 e. The van der Waals surface area contributed by atoms with E-state index in [1.807, 2.05) is 12.1 Å². The van der Waals surface area contributed by atoms with Gasteiger partial charge in [-0.05, 0) is 24.3 Å². The third-order valence-electron chi connectivity index (χ3n) is 3.34. The number of carbonyl (C=O) groups is 2. The fourth-order valence-electron chi connectivity index (χ4n) is 2.13. The Morgan fingerprint density at radius 2 is 1.96 bits per heavy atom. The largest absolute Gasteiger partial charge is 0.497 e. The highest BCUT2D eigenvalue weighted by atomic mass is 16.5. The summed E-state index contributed by atoms with van der Waals surface area (Å²) < 4.78 is 10.6. The van der Waals surface area contributed by atoms with Crippen LogP contribution in [0.5, 0.6) is 11.5 Å². The second-order valence-electron chi connectivity index (χ2n) is 5.39. The van der Waals surface area contributed by atoms with Gasteiger partial charge in [-0.3, -0.25) is 9.59 Å². The molecule has 2 rings (SSSR count). The molecule has 2 aromatic rings. The Kier molecular flexibility index (Phi) is 7.59. The van der Waals surface area contributed by atoms with E-state index in [-0.39, 0.29) is 6.42 Å². The van der Waals surface area contributed by atoms with Crippen LogP contribution >= 0.6 is 0 Å². The van der Waals surface area contributed by atoms with Gasteiger partial charge in [0.15, 0.2) is 0 Å². The first-order valence-corrected chi connectivity index (χ1v) is 8.21. The molecule has 0 atom stereocenters. The number of nitrogens with one attached hydrogen (secondary N) is 2. The van der Waals surface area contributed by atoms with Gasteiger partial charge in [0.1, 0.15) is 24.5 Å². The van der Waals surface area contributed by atoms with E-state index in [1.165, 1.54) is 13.3 Å². The van der Waals surface area contributed by atoms with Crippen LogP contribution in [0.4, 0.5) is 5.69 Å². The summed E-state index contributed by atoms with van der Waals surface area (Å²) in [6.45, 7) is 3.96. The number of rotatable bonds is 9. The van der Waals surface area contributed by atoms with E-state index in [1.54, 1.807) is 42.5 Å². The van der Waals surface area contributed by atoms with Gasteiger partial charge >= 0.3 is 0 Å². The number of para-hydroxylation sites is 1. The van der Waals surface area contributed by atoms with E-state index >= 15 is 0 Å². The molecule has 0 heterocycles. The Morgan fingerprint density at radius 1 is 1.15 bits per heavy atom. The molecule has 7 nitrogen and oxygen atoms in total. The van der Waals surface area contributed by atoms with Gasteiger partial charge in [-0.25, -0.2) is 5.43 Å². The third kappa shape index (κ3) is 6.66. The van der Waals surface area contributed by atoms with Crippen LogP contribution in [-0.2, 0) is 9.59 Å². The van der Waals surface area contributed by atoms with E-state index in [2.05, 4.69) is 22.4 Å². The normalized spacial score (nSPS) is 10.3. The standard InChI is InChI=1S/C20H21N3O4/c1-3-11-27-18-10-5-4-7-15(18)14-21-23-20(25)13-19(24)22-16-8-6-9-17(12-16)26-2/h3-10,12,14H,1,11,13H2,2H3,(H,22,24)(H,23,25). The number of anilines is 1. The molecule has 0 radical (unpaired) electrons. The molecule has 0 saturated carbocycles. The zero-order valence-corrected chi connectivity index (χ0v) is 15.0. The lowest BCUT2D eigenvalue weighted by atomic mass is 10.2. The molecule has 0 saturated heterocycles. The van der Waals surface area contributed by atoms with E-state index in [0.717, 1.165) is 0 Å². The first kappa shape index (κ1) is 19.7. The van der Waals surface area contributed by atoms with Crippen LogP contribution in [0.15, 0.2) is 66.3 Å². The number of carbonyl (C=O) groups excluding carboxylic acids is 2. The van der Waals surface area contributed by atoms with Crippen LogP contribution in [-0.4, -0.2) is 31.7 Å². The predicted molar refractivity (Wildman–Crippen MR) is 104 cm³/mol. The van der Waals surface area contributed by atoms with Crippen molar-refractivity contribution < 1.29 is 19.1 Å². The first-order valence-electron chi connectivity index (χ1n) is 8.21.